The van der Waals surface area contributed by atoms with Crippen molar-refractivity contribution in [3.63, 3.8) is 0 Å². The van der Waals surface area contributed by atoms with Crippen LogP contribution in [-0.4, -0.2) is 38.9 Å². The lowest BCUT2D eigenvalue weighted by atomic mass is 9.75. The van der Waals surface area contributed by atoms with Crippen molar-refractivity contribution in [3.05, 3.63) is 98.5 Å². The summed E-state index contributed by atoms with van der Waals surface area (Å²) >= 11 is 12.8. The van der Waals surface area contributed by atoms with Gasteiger partial charge in [0.05, 0.1) is 44.2 Å². The molecule has 5 heterocycles. The molecule has 4 aromatic rings. The van der Waals surface area contributed by atoms with Gasteiger partial charge in [-0.3, -0.25) is 23.9 Å². The number of fused-ring (bicyclic) bond motifs is 11. The SMILES string of the molecule is O=C1C2C3CCCN3C3(c4ccccc4-n4c3nc3ccccc3c4=O)C2C(=O)N1c1cccc(Cl)c1Cl. The molecular formula is C29H20Cl2N4O3. The third-order valence-electron chi connectivity index (χ3n) is 8.81. The van der Waals surface area contributed by atoms with Crippen LogP contribution >= 0.6 is 23.2 Å². The van der Waals surface area contributed by atoms with Crippen molar-refractivity contribution in [2.45, 2.75) is 24.4 Å². The van der Waals surface area contributed by atoms with Crippen LogP contribution in [0.2, 0.25) is 10.0 Å². The van der Waals surface area contributed by atoms with Crippen molar-refractivity contribution < 1.29 is 9.59 Å². The molecule has 4 aliphatic rings. The van der Waals surface area contributed by atoms with Crippen LogP contribution in [0.3, 0.4) is 0 Å². The third kappa shape index (κ3) is 2.46. The molecule has 0 saturated carbocycles. The molecule has 1 spiro atoms. The summed E-state index contributed by atoms with van der Waals surface area (Å²) in [5.74, 6) is -1.48. The van der Waals surface area contributed by atoms with Gasteiger partial charge in [-0.15, -0.1) is 0 Å². The second kappa shape index (κ2) is 7.53. The molecule has 38 heavy (non-hydrogen) atoms. The molecule has 9 heteroatoms. The van der Waals surface area contributed by atoms with Crippen LogP contribution in [0, 0.1) is 11.8 Å². The number of para-hydroxylation sites is 2. The zero-order valence-corrected chi connectivity index (χ0v) is 21.5. The summed E-state index contributed by atoms with van der Waals surface area (Å²) in [4.78, 5) is 51.1. The molecule has 3 fully saturated rings. The first-order valence-corrected chi connectivity index (χ1v) is 13.4. The molecule has 0 N–H and O–H groups in total. The van der Waals surface area contributed by atoms with E-state index in [0.717, 1.165) is 18.4 Å². The average molecular weight is 543 g/mol. The number of rotatable bonds is 1. The quantitative estimate of drug-likeness (QED) is 0.330. The van der Waals surface area contributed by atoms with Crippen LogP contribution in [0.15, 0.2) is 71.5 Å². The number of amides is 2. The van der Waals surface area contributed by atoms with E-state index in [9.17, 15) is 14.4 Å². The Labute approximate surface area is 227 Å². The Morgan fingerprint density at radius 1 is 0.868 bits per heavy atom. The van der Waals surface area contributed by atoms with E-state index in [1.54, 1.807) is 28.8 Å². The Kier molecular flexibility index (Phi) is 4.45. The first-order chi connectivity index (χ1) is 18.5. The highest BCUT2D eigenvalue weighted by molar-refractivity contribution is 6.45. The molecule has 4 unspecified atom stereocenters. The van der Waals surface area contributed by atoms with E-state index in [1.807, 2.05) is 42.5 Å². The highest BCUT2D eigenvalue weighted by Crippen LogP contribution is 2.62. The molecule has 3 aromatic carbocycles. The maximum atomic E-state index is 14.5. The molecule has 0 bridgehead atoms. The van der Waals surface area contributed by atoms with Gasteiger partial charge in [0.1, 0.15) is 11.4 Å². The predicted molar refractivity (Wildman–Crippen MR) is 144 cm³/mol. The Balaban J connectivity index is 1.45. The Hall–Kier alpha value is -3.52. The molecule has 3 saturated heterocycles. The predicted octanol–water partition coefficient (Wildman–Crippen LogP) is 4.53. The van der Waals surface area contributed by atoms with E-state index in [1.165, 1.54) is 4.90 Å². The summed E-state index contributed by atoms with van der Waals surface area (Å²) in [6.07, 6.45) is 1.66. The monoisotopic (exact) mass is 542 g/mol. The third-order valence-corrected chi connectivity index (χ3v) is 9.62. The summed E-state index contributed by atoms with van der Waals surface area (Å²) in [6.45, 7) is 0.702. The molecule has 0 aliphatic carbocycles. The Morgan fingerprint density at radius 3 is 2.50 bits per heavy atom. The number of hydrogen-bond acceptors (Lipinski definition) is 5. The summed E-state index contributed by atoms with van der Waals surface area (Å²) in [7, 11) is 0. The van der Waals surface area contributed by atoms with Crippen molar-refractivity contribution in [1.29, 1.82) is 0 Å². The summed E-state index contributed by atoms with van der Waals surface area (Å²) < 4.78 is 1.65. The van der Waals surface area contributed by atoms with E-state index >= 15 is 0 Å². The smallest absolute Gasteiger partial charge is 0.266 e. The van der Waals surface area contributed by atoms with Crippen molar-refractivity contribution in [2.75, 3.05) is 11.4 Å². The lowest BCUT2D eigenvalue weighted by molar-refractivity contribution is -0.124. The van der Waals surface area contributed by atoms with Gasteiger partial charge in [-0.2, -0.15) is 0 Å². The first-order valence-electron chi connectivity index (χ1n) is 12.7. The highest BCUT2D eigenvalue weighted by atomic mass is 35.5. The second-order valence-corrected chi connectivity index (χ2v) is 11.2. The lowest BCUT2D eigenvalue weighted by Crippen LogP contribution is -2.51. The van der Waals surface area contributed by atoms with Crippen molar-refractivity contribution in [3.8, 4) is 5.69 Å². The van der Waals surface area contributed by atoms with Crippen molar-refractivity contribution in [2.24, 2.45) is 11.8 Å². The van der Waals surface area contributed by atoms with Crippen LogP contribution in [0.4, 0.5) is 5.69 Å². The number of halogens is 2. The molecule has 2 amide bonds. The molecule has 4 atom stereocenters. The zero-order chi connectivity index (χ0) is 25.9. The number of nitrogens with zero attached hydrogens (tertiary/aromatic N) is 4. The normalized spacial score (nSPS) is 27.3. The number of hydrogen-bond donors (Lipinski definition) is 0. The fourth-order valence-corrected chi connectivity index (χ4v) is 7.90. The maximum absolute atomic E-state index is 14.5. The van der Waals surface area contributed by atoms with Crippen LogP contribution in [0.1, 0.15) is 24.2 Å². The minimum atomic E-state index is -1.06. The number of aromatic nitrogens is 2. The minimum Gasteiger partial charge on any atom is -0.283 e. The van der Waals surface area contributed by atoms with E-state index in [-0.39, 0.29) is 33.5 Å². The molecule has 1 aromatic heterocycles. The standard InChI is InChI=1S/C29H20Cl2N4O3/c30-17-9-5-12-21(24(17)31)34-26(37)22-20-13-6-14-33(20)29(23(22)27(34)38)16-8-2-4-11-19(16)35-25(36)15-7-1-3-10-18(15)32-28(29)35/h1-5,7-12,20,22-23H,6,13-14H2. The number of anilines is 1. The summed E-state index contributed by atoms with van der Waals surface area (Å²) in [6, 6.07) is 19.7. The molecule has 4 aliphatic heterocycles. The first kappa shape index (κ1) is 22.5. The van der Waals surface area contributed by atoms with Gasteiger partial charge in [-0.1, -0.05) is 59.6 Å². The van der Waals surface area contributed by atoms with Gasteiger partial charge < -0.3 is 0 Å². The molecule has 8 rings (SSSR count). The fourth-order valence-electron chi connectivity index (χ4n) is 7.52. The second-order valence-electron chi connectivity index (χ2n) is 10.4. The zero-order valence-electron chi connectivity index (χ0n) is 20.0. The molecular weight excluding hydrogens is 523 g/mol. The summed E-state index contributed by atoms with van der Waals surface area (Å²) in [5.41, 5.74) is 1.16. The highest BCUT2D eigenvalue weighted by Gasteiger charge is 2.73. The Bertz CT molecular complexity index is 1800. The van der Waals surface area contributed by atoms with Crippen LogP contribution in [0.25, 0.3) is 16.6 Å². The number of benzene rings is 3. The van der Waals surface area contributed by atoms with Gasteiger partial charge in [0, 0.05) is 11.6 Å². The van der Waals surface area contributed by atoms with Crippen LogP contribution in [-0.2, 0) is 15.1 Å². The molecule has 0 radical (unpaired) electrons. The van der Waals surface area contributed by atoms with Gasteiger partial charge in [0.2, 0.25) is 11.8 Å². The van der Waals surface area contributed by atoms with Crippen molar-refractivity contribution in [1.82, 2.24) is 14.5 Å². The molecule has 7 nitrogen and oxygen atoms in total. The maximum Gasteiger partial charge on any atom is 0.266 e. The van der Waals surface area contributed by atoms with Gasteiger partial charge in [0.25, 0.3) is 5.56 Å². The number of carbonyl (C=O) groups excluding carboxylic acids is 2. The number of imide groups is 1. The number of carbonyl (C=O) groups is 2. The van der Waals surface area contributed by atoms with Crippen LogP contribution < -0.4 is 10.5 Å². The van der Waals surface area contributed by atoms with E-state index in [2.05, 4.69) is 4.90 Å². The van der Waals surface area contributed by atoms with E-state index < -0.39 is 17.4 Å². The summed E-state index contributed by atoms with van der Waals surface area (Å²) in [5, 5.41) is 0.952. The average Bonchev–Trinajstić information content (AvgIpc) is 3.64. The van der Waals surface area contributed by atoms with Gasteiger partial charge in [-0.25, -0.2) is 9.88 Å². The van der Waals surface area contributed by atoms with E-state index in [0.29, 0.717) is 34.6 Å². The Morgan fingerprint density at radius 2 is 1.63 bits per heavy atom. The van der Waals surface area contributed by atoms with Gasteiger partial charge in [-0.05, 0) is 49.7 Å². The lowest BCUT2D eigenvalue weighted by Gasteiger charge is -2.38. The van der Waals surface area contributed by atoms with E-state index in [4.69, 9.17) is 28.2 Å². The minimum absolute atomic E-state index is 0.164. The van der Waals surface area contributed by atoms with Gasteiger partial charge >= 0.3 is 0 Å². The van der Waals surface area contributed by atoms with Crippen molar-refractivity contribution >= 4 is 51.6 Å². The fraction of sp³-hybridized carbons (Fsp3) is 0.241. The molecule has 188 valence electrons. The largest absolute Gasteiger partial charge is 0.283 e. The van der Waals surface area contributed by atoms with Crippen LogP contribution in [0.5, 0.6) is 0 Å². The topological polar surface area (TPSA) is 75.5 Å². The van der Waals surface area contributed by atoms with Gasteiger partial charge in [0.15, 0.2) is 0 Å².